The van der Waals surface area contributed by atoms with Gasteiger partial charge in [-0.1, -0.05) is 68.3 Å². The number of benzene rings is 1. The Kier molecular flexibility index (Phi) is 6.85. The van der Waals surface area contributed by atoms with Crippen LogP contribution in [0.5, 0.6) is 0 Å². The van der Waals surface area contributed by atoms with Gasteiger partial charge >= 0.3 is 0 Å². The Morgan fingerprint density at radius 1 is 1.19 bits per heavy atom. The highest BCUT2D eigenvalue weighted by molar-refractivity contribution is 6.35. The molecule has 0 bridgehead atoms. The predicted octanol–water partition coefficient (Wildman–Crippen LogP) is 5.86. The summed E-state index contributed by atoms with van der Waals surface area (Å²) in [5.74, 6) is 1.59. The van der Waals surface area contributed by atoms with Gasteiger partial charge in [-0.25, -0.2) is 0 Å². The normalized spacial score (nSPS) is 24.0. The first-order valence-electron chi connectivity index (χ1n) is 8.29. The van der Waals surface area contributed by atoms with E-state index in [0.29, 0.717) is 10.9 Å². The van der Waals surface area contributed by atoms with E-state index >= 15 is 0 Å². The molecule has 0 amide bonds. The van der Waals surface area contributed by atoms with Crippen molar-refractivity contribution in [3.8, 4) is 0 Å². The van der Waals surface area contributed by atoms with Crippen LogP contribution in [-0.2, 0) is 6.42 Å². The SMILES string of the molecule is CCCCC1CCC(C(N)Cc2ccc(Cl)cc2Cl)CC1. The zero-order chi connectivity index (χ0) is 15.2. The smallest absolute Gasteiger partial charge is 0.0453 e. The molecule has 0 heterocycles. The van der Waals surface area contributed by atoms with Crippen LogP contribution in [0.25, 0.3) is 0 Å². The number of halogens is 2. The molecular weight excluding hydrogens is 301 g/mol. The molecule has 1 aliphatic rings. The van der Waals surface area contributed by atoms with Gasteiger partial charge in [0.1, 0.15) is 0 Å². The van der Waals surface area contributed by atoms with Gasteiger partial charge in [0.15, 0.2) is 0 Å². The fourth-order valence-electron chi connectivity index (χ4n) is 3.51. The second-order valence-electron chi connectivity index (χ2n) is 6.53. The zero-order valence-corrected chi connectivity index (χ0v) is 14.5. The van der Waals surface area contributed by atoms with Gasteiger partial charge in [-0.3, -0.25) is 0 Å². The average Bonchev–Trinajstić information content (AvgIpc) is 2.48. The van der Waals surface area contributed by atoms with Crippen molar-refractivity contribution >= 4 is 23.2 Å². The van der Waals surface area contributed by atoms with Crippen molar-refractivity contribution in [2.24, 2.45) is 17.6 Å². The van der Waals surface area contributed by atoms with Crippen molar-refractivity contribution in [3.63, 3.8) is 0 Å². The van der Waals surface area contributed by atoms with E-state index in [1.54, 1.807) is 0 Å². The van der Waals surface area contributed by atoms with Gasteiger partial charge in [-0.05, 0) is 48.8 Å². The summed E-state index contributed by atoms with van der Waals surface area (Å²) < 4.78 is 0. The monoisotopic (exact) mass is 327 g/mol. The first-order chi connectivity index (χ1) is 10.1. The Hall–Kier alpha value is -0.240. The summed E-state index contributed by atoms with van der Waals surface area (Å²) in [5.41, 5.74) is 7.57. The van der Waals surface area contributed by atoms with Crippen molar-refractivity contribution < 1.29 is 0 Å². The molecule has 21 heavy (non-hydrogen) atoms. The molecule has 0 aliphatic heterocycles. The van der Waals surface area contributed by atoms with Gasteiger partial charge in [0.2, 0.25) is 0 Å². The van der Waals surface area contributed by atoms with Gasteiger partial charge < -0.3 is 5.73 Å². The molecule has 0 radical (unpaired) electrons. The summed E-state index contributed by atoms with van der Waals surface area (Å²) >= 11 is 12.2. The highest BCUT2D eigenvalue weighted by Crippen LogP contribution is 2.34. The second-order valence-corrected chi connectivity index (χ2v) is 7.37. The molecule has 3 heteroatoms. The molecule has 2 N–H and O–H groups in total. The van der Waals surface area contributed by atoms with E-state index in [2.05, 4.69) is 6.92 Å². The Balaban J connectivity index is 1.83. The molecule has 1 unspecified atom stereocenters. The molecule has 0 saturated heterocycles. The maximum absolute atomic E-state index is 6.44. The number of rotatable bonds is 6. The second kappa shape index (κ2) is 8.41. The fraction of sp³-hybridized carbons (Fsp3) is 0.667. The maximum atomic E-state index is 6.44. The lowest BCUT2D eigenvalue weighted by molar-refractivity contribution is 0.231. The summed E-state index contributed by atoms with van der Waals surface area (Å²) in [6, 6.07) is 5.94. The molecule has 1 nitrogen and oxygen atoms in total. The quantitative estimate of drug-likeness (QED) is 0.695. The van der Waals surface area contributed by atoms with Crippen LogP contribution < -0.4 is 5.73 Å². The molecule has 1 atom stereocenters. The summed E-state index contributed by atoms with van der Waals surface area (Å²) in [7, 11) is 0. The van der Waals surface area contributed by atoms with E-state index < -0.39 is 0 Å². The van der Waals surface area contributed by atoms with Crippen LogP contribution in [0.4, 0.5) is 0 Å². The van der Waals surface area contributed by atoms with E-state index in [-0.39, 0.29) is 6.04 Å². The minimum absolute atomic E-state index is 0.218. The van der Waals surface area contributed by atoms with Crippen LogP contribution in [0, 0.1) is 11.8 Å². The van der Waals surface area contributed by atoms with E-state index in [4.69, 9.17) is 28.9 Å². The topological polar surface area (TPSA) is 26.0 Å². The van der Waals surface area contributed by atoms with E-state index in [1.807, 2.05) is 18.2 Å². The zero-order valence-electron chi connectivity index (χ0n) is 13.0. The Morgan fingerprint density at radius 2 is 1.90 bits per heavy atom. The van der Waals surface area contributed by atoms with Crippen molar-refractivity contribution in [3.05, 3.63) is 33.8 Å². The van der Waals surface area contributed by atoms with Gasteiger partial charge in [-0.15, -0.1) is 0 Å². The van der Waals surface area contributed by atoms with Gasteiger partial charge in [0, 0.05) is 16.1 Å². The van der Waals surface area contributed by atoms with Crippen LogP contribution in [0.15, 0.2) is 18.2 Å². The van der Waals surface area contributed by atoms with Crippen LogP contribution >= 0.6 is 23.2 Å². The van der Waals surface area contributed by atoms with Crippen LogP contribution in [0.3, 0.4) is 0 Å². The molecule has 2 rings (SSSR count). The average molecular weight is 328 g/mol. The lowest BCUT2D eigenvalue weighted by Gasteiger charge is -2.32. The Bertz CT molecular complexity index is 439. The summed E-state index contributed by atoms with van der Waals surface area (Å²) in [5, 5.41) is 1.43. The number of nitrogens with two attached hydrogens (primary N) is 1. The standard InChI is InChI=1S/C18H27Cl2N/c1-2-3-4-13-5-7-14(8-6-13)18(21)11-15-9-10-16(19)12-17(15)20/h9-10,12-14,18H,2-8,11,21H2,1H3. The highest BCUT2D eigenvalue weighted by atomic mass is 35.5. The highest BCUT2D eigenvalue weighted by Gasteiger charge is 2.25. The Labute approximate surface area is 139 Å². The molecule has 1 aliphatic carbocycles. The van der Waals surface area contributed by atoms with E-state index in [0.717, 1.165) is 22.9 Å². The van der Waals surface area contributed by atoms with Crippen LogP contribution in [0.1, 0.15) is 57.4 Å². The lowest BCUT2D eigenvalue weighted by Crippen LogP contribution is -2.35. The lowest BCUT2D eigenvalue weighted by atomic mass is 9.76. The van der Waals surface area contributed by atoms with E-state index in [9.17, 15) is 0 Å². The van der Waals surface area contributed by atoms with Crippen molar-refractivity contribution in [2.75, 3.05) is 0 Å². The third-order valence-electron chi connectivity index (χ3n) is 4.93. The largest absolute Gasteiger partial charge is 0.327 e. The predicted molar refractivity (Wildman–Crippen MR) is 93.1 cm³/mol. The molecule has 1 saturated carbocycles. The van der Waals surface area contributed by atoms with Crippen molar-refractivity contribution in [2.45, 2.75) is 64.3 Å². The molecule has 1 fully saturated rings. The fourth-order valence-corrected chi connectivity index (χ4v) is 3.99. The van der Waals surface area contributed by atoms with Gasteiger partial charge in [0.25, 0.3) is 0 Å². The van der Waals surface area contributed by atoms with Crippen molar-refractivity contribution in [1.29, 1.82) is 0 Å². The van der Waals surface area contributed by atoms with Crippen LogP contribution in [-0.4, -0.2) is 6.04 Å². The molecular formula is C18H27Cl2N. The molecule has 0 aromatic heterocycles. The van der Waals surface area contributed by atoms with E-state index in [1.165, 1.54) is 44.9 Å². The third kappa shape index (κ3) is 5.16. The van der Waals surface area contributed by atoms with Gasteiger partial charge in [-0.2, -0.15) is 0 Å². The Morgan fingerprint density at radius 3 is 2.52 bits per heavy atom. The minimum Gasteiger partial charge on any atom is -0.327 e. The molecule has 118 valence electrons. The molecule has 1 aromatic rings. The first kappa shape index (κ1) is 17.1. The molecule has 0 spiro atoms. The summed E-state index contributed by atoms with van der Waals surface area (Å²) in [6.45, 7) is 2.28. The number of unbranched alkanes of at least 4 members (excludes halogenated alkanes) is 1. The summed E-state index contributed by atoms with van der Waals surface area (Å²) in [6.07, 6.45) is 10.2. The van der Waals surface area contributed by atoms with Crippen molar-refractivity contribution in [1.82, 2.24) is 0 Å². The summed E-state index contributed by atoms with van der Waals surface area (Å²) in [4.78, 5) is 0. The number of hydrogen-bond donors (Lipinski definition) is 1. The van der Waals surface area contributed by atoms with Crippen LogP contribution in [0.2, 0.25) is 10.0 Å². The maximum Gasteiger partial charge on any atom is 0.0453 e. The number of hydrogen-bond acceptors (Lipinski definition) is 1. The first-order valence-corrected chi connectivity index (χ1v) is 9.05. The van der Waals surface area contributed by atoms with Gasteiger partial charge in [0.05, 0.1) is 0 Å². The third-order valence-corrected chi connectivity index (χ3v) is 5.52. The molecule has 1 aromatic carbocycles. The minimum atomic E-state index is 0.218.